The molecule has 0 aromatic carbocycles. The van der Waals surface area contributed by atoms with Crippen molar-refractivity contribution >= 4 is 11.9 Å². The van der Waals surface area contributed by atoms with Gasteiger partial charge in [0.1, 0.15) is 6.54 Å². The van der Waals surface area contributed by atoms with E-state index in [4.69, 9.17) is 9.84 Å². The molecule has 5 heteroatoms. The highest BCUT2D eigenvalue weighted by Crippen LogP contribution is 2.42. The van der Waals surface area contributed by atoms with E-state index in [9.17, 15) is 9.59 Å². The van der Waals surface area contributed by atoms with E-state index in [2.05, 4.69) is 0 Å². The van der Waals surface area contributed by atoms with Crippen LogP contribution in [0.25, 0.3) is 0 Å². The number of hydrogen-bond donors (Lipinski definition) is 1. The van der Waals surface area contributed by atoms with Crippen molar-refractivity contribution in [3.8, 4) is 0 Å². The lowest BCUT2D eigenvalue weighted by Crippen LogP contribution is -2.45. The first-order chi connectivity index (χ1) is 9.05. The third-order valence-corrected chi connectivity index (χ3v) is 3.91. The van der Waals surface area contributed by atoms with Crippen molar-refractivity contribution in [1.29, 1.82) is 0 Å². The van der Waals surface area contributed by atoms with Crippen molar-refractivity contribution in [3.05, 3.63) is 0 Å². The number of carboxylic acids is 1. The Morgan fingerprint density at radius 2 is 1.95 bits per heavy atom. The Morgan fingerprint density at radius 3 is 2.42 bits per heavy atom. The molecule has 19 heavy (non-hydrogen) atoms. The molecule has 1 rings (SSSR count). The maximum Gasteiger partial charge on any atom is 0.323 e. The molecule has 5 nitrogen and oxygen atoms in total. The number of carbonyl (C=O) groups is 2. The SMILES string of the molecule is CCCN(CC(=O)O)C(=O)C1(CCOC)CCCC1. The first kappa shape index (κ1) is 16.0. The molecular formula is C14H25NO4. The summed E-state index contributed by atoms with van der Waals surface area (Å²) in [6, 6.07) is 0. The highest BCUT2D eigenvalue weighted by molar-refractivity contribution is 5.86. The van der Waals surface area contributed by atoms with E-state index in [1.807, 2.05) is 6.92 Å². The summed E-state index contributed by atoms with van der Waals surface area (Å²) in [4.78, 5) is 25.1. The van der Waals surface area contributed by atoms with E-state index in [1.165, 1.54) is 4.90 Å². The van der Waals surface area contributed by atoms with Gasteiger partial charge in [0, 0.05) is 20.3 Å². The third-order valence-electron chi connectivity index (χ3n) is 3.91. The monoisotopic (exact) mass is 271 g/mol. The summed E-state index contributed by atoms with van der Waals surface area (Å²) in [5.41, 5.74) is -0.388. The highest BCUT2D eigenvalue weighted by atomic mass is 16.5. The number of ether oxygens (including phenoxy) is 1. The van der Waals surface area contributed by atoms with E-state index >= 15 is 0 Å². The molecule has 0 aliphatic heterocycles. The maximum atomic E-state index is 12.7. The normalized spacial score (nSPS) is 17.4. The lowest BCUT2D eigenvalue weighted by Gasteiger charge is -2.33. The minimum Gasteiger partial charge on any atom is -0.480 e. The number of nitrogens with zero attached hydrogens (tertiary/aromatic N) is 1. The van der Waals surface area contributed by atoms with Gasteiger partial charge >= 0.3 is 5.97 Å². The molecule has 1 saturated carbocycles. The Hall–Kier alpha value is -1.10. The number of amides is 1. The average Bonchev–Trinajstić information content (AvgIpc) is 2.84. The van der Waals surface area contributed by atoms with Crippen molar-refractivity contribution in [2.45, 2.75) is 45.4 Å². The quantitative estimate of drug-likeness (QED) is 0.732. The van der Waals surface area contributed by atoms with Gasteiger partial charge in [-0.3, -0.25) is 9.59 Å². The minimum absolute atomic E-state index is 0.00583. The molecule has 1 amide bonds. The standard InChI is InChI=1S/C14H25NO4/c1-3-9-15(11-12(16)17)13(18)14(8-10-19-2)6-4-5-7-14/h3-11H2,1-2H3,(H,16,17). The first-order valence-electron chi connectivity index (χ1n) is 7.06. The number of aliphatic carboxylic acids is 1. The second-order valence-electron chi connectivity index (χ2n) is 5.35. The second kappa shape index (κ2) is 7.48. The molecule has 0 spiro atoms. The van der Waals surface area contributed by atoms with E-state index in [1.54, 1.807) is 7.11 Å². The predicted molar refractivity (Wildman–Crippen MR) is 71.9 cm³/mol. The molecule has 1 N–H and O–H groups in total. The second-order valence-corrected chi connectivity index (χ2v) is 5.35. The fourth-order valence-corrected chi connectivity index (χ4v) is 2.94. The number of carbonyl (C=O) groups excluding carboxylic acids is 1. The molecule has 110 valence electrons. The summed E-state index contributed by atoms with van der Waals surface area (Å²) in [5, 5.41) is 8.94. The number of carboxylic acid groups (broad SMARTS) is 1. The fourth-order valence-electron chi connectivity index (χ4n) is 2.94. The molecule has 1 fully saturated rings. The number of hydrogen-bond acceptors (Lipinski definition) is 3. The Balaban J connectivity index is 2.80. The van der Waals surface area contributed by atoms with Gasteiger partial charge in [-0.1, -0.05) is 19.8 Å². The van der Waals surface area contributed by atoms with Crippen LogP contribution in [0.3, 0.4) is 0 Å². The van der Waals surface area contributed by atoms with Gasteiger partial charge in [0.05, 0.1) is 5.41 Å². The van der Waals surface area contributed by atoms with Gasteiger partial charge in [0.2, 0.25) is 5.91 Å². The van der Waals surface area contributed by atoms with Gasteiger partial charge in [0.25, 0.3) is 0 Å². The van der Waals surface area contributed by atoms with E-state index < -0.39 is 5.97 Å². The Morgan fingerprint density at radius 1 is 1.32 bits per heavy atom. The smallest absolute Gasteiger partial charge is 0.323 e. The van der Waals surface area contributed by atoms with Gasteiger partial charge in [-0.25, -0.2) is 0 Å². The molecule has 0 bridgehead atoms. The van der Waals surface area contributed by atoms with Gasteiger partial charge < -0.3 is 14.7 Å². The summed E-state index contributed by atoms with van der Waals surface area (Å²) in [6.45, 7) is 2.83. The Bertz CT molecular complexity index is 311. The molecule has 1 aliphatic carbocycles. The molecule has 0 heterocycles. The van der Waals surface area contributed by atoms with Crippen LogP contribution in [0.1, 0.15) is 45.4 Å². The van der Waals surface area contributed by atoms with Crippen molar-refractivity contribution in [3.63, 3.8) is 0 Å². The van der Waals surface area contributed by atoms with Crippen LogP contribution in [0, 0.1) is 5.41 Å². The van der Waals surface area contributed by atoms with Crippen molar-refractivity contribution < 1.29 is 19.4 Å². The summed E-state index contributed by atoms with van der Waals surface area (Å²) in [5.74, 6) is -0.937. The van der Waals surface area contributed by atoms with Crippen LogP contribution >= 0.6 is 0 Å². The molecule has 0 atom stereocenters. The molecule has 0 aromatic rings. The number of rotatable bonds is 8. The van der Waals surface area contributed by atoms with Gasteiger partial charge in [0.15, 0.2) is 0 Å². The Labute approximate surface area is 114 Å². The summed E-state index contributed by atoms with van der Waals surface area (Å²) < 4.78 is 5.11. The molecule has 0 unspecified atom stereocenters. The average molecular weight is 271 g/mol. The lowest BCUT2D eigenvalue weighted by molar-refractivity contribution is -0.150. The third kappa shape index (κ3) is 4.20. The first-order valence-corrected chi connectivity index (χ1v) is 7.06. The van der Waals surface area contributed by atoms with Crippen molar-refractivity contribution in [2.24, 2.45) is 5.41 Å². The van der Waals surface area contributed by atoms with Crippen molar-refractivity contribution in [1.82, 2.24) is 4.90 Å². The summed E-state index contributed by atoms with van der Waals surface area (Å²) >= 11 is 0. The fraction of sp³-hybridized carbons (Fsp3) is 0.857. The highest BCUT2D eigenvalue weighted by Gasteiger charge is 2.43. The maximum absolute atomic E-state index is 12.7. The molecule has 0 aromatic heterocycles. The van der Waals surface area contributed by atoms with Gasteiger partial charge in [-0.05, 0) is 25.7 Å². The van der Waals surface area contributed by atoms with Gasteiger partial charge in [-0.2, -0.15) is 0 Å². The summed E-state index contributed by atoms with van der Waals surface area (Å²) in [6.07, 6.45) is 5.27. The van der Waals surface area contributed by atoms with Crippen LogP contribution in [0.4, 0.5) is 0 Å². The summed E-state index contributed by atoms with van der Waals surface area (Å²) in [7, 11) is 1.63. The number of methoxy groups -OCH3 is 1. The van der Waals surface area contributed by atoms with Crippen LogP contribution in [0.5, 0.6) is 0 Å². The van der Waals surface area contributed by atoms with Crippen LogP contribution in [-0.4, -0.2) is 48.7 Å². The zero-order chi connectivity index (χ0) is 14.3. The van der Waals surface area contributed by atoms with Gasteiger partial charge in [-0.15, -0.1) is 0 Å². The minimum atomic E-state index is -0.943. The van der Waals surface area contributed by atoms with E-state index in [0.717, 1.165) is 32.1 Å². The van der Waals surface area contributed by atoms with Crippen LogP contribution in [0.2, 0.25) is 0 Å². The topological polar surface area (TPSA) is 66.8 Å². The van der Waals surface area contributed by atoms with Crippen LogP contribution < -0.4 is 0 Å². The van der Waals surface area contributed by atoms with E-state index in [-0.39, 0.29) is 17.9 Å². The lowest BCUT2D eigenvalue weighted by atomic mass is 9.81. The molecular weight excluding hydrogens is 246 g/mol. The zero-order valence-electron chi connectivity index (χ0n) is 12.0. The van der Waals surface area contributed by atoms with Crippen LogP contribution in [0.15, 0.2) is 0 Å². The Kier molecular flexibility index (Phi) is 6.28. The van der Waals surface area contributed by atoms with Crippen molar-refractivity contribution in [2.75, 3.05) is 26.8 Å². The largest absolute Gasteiger partial charge is 0.480 e. The molecule has 0 radical (unpaired) electrons. The molecule has 0 saturated heterocycles. The zero-order valence-corrected chi connectivity index (χ0v) is 12.0. The van der Waals surface area contributed by atoms with E-state index in [0.29, 0.717) is 19.6 Å². The van der Waals surface area contributed by atoms with Crippen LogP contribution in [-0.2, 0) is 14.3 Å². The predicted octanol–water partition coefficient (Wildman–Crippen LogP) is 1.91. The molecule has 1 aliphatic rings.